The molecule has 1 aromatic carbocycles. The molecular formula is C13H16N2O2. The van der Waals surface area contributed by atoms with E-state index in [0.29, 0.717) is 22.5 Å². The summed E-state index contributed by atoms with van der Waals surface area (Å²) in [6.45, 7) is 5.66. The fourth-order valence-electron chi connectivity index (χ4n) is 1.85. The zero-order valence-corrected chi connectivity index (χ0v) is 10.1. The van der Waals surface area contributed by atoms with Gasteiger partial charge in [-0.1, -0.05) is 0 Å². The van der Waals surface area contributed by atoms with E-state index in [1.807, 2.05) is 18.7 Å². The van der Waals surface area contributed by atoms with Gasteiger partial charge in [0.1, 0.15) is 5.58 Å². The summed E-state index contributed by atoms with van der Waals surface area (Å²) in [5, 5.41) is 0.529. The number of nitrogen functional groups attached to an aromatic ring is 1. The summed E-state index contributed by atoms with van der Waals surface area (Å²) >= 11 is 0. The lowest BCUT2D eigenvalue weighted by molar-refractivity contribution is 0.578. The normalized spacial score (nSPS) is 10.7. The molecule has 0 atom stereocenters. The average Bonchev–Trinajstić information content (AvgIpc) is 2.32. The number of anilines is 2. The van der Waals surface area contributed by atoms with Crippen LogP contribution in [-0.4, -0.2) is 13.1 Å². The number of benzene rings is 1. The Hall–Kier alpha value is -1.97. The van der Waals surface area contributed by atoms with Crippen molar-refractivity contribution in [2.45, 2.75) is 13.8 Å². The van der Waals surface area contributed by atoms with Gasteiger partial charge in [0.25, 0.3) is 0 Å². The van der Waals surface area contributed by atoms with E-state index in [4.69, 9.17) is 10.2 Å². The number of rotatable bonds is 3. The molecule has 1 aromatic heterocycles. The van der Waals surface area contributed by atoms with Gasteiger partial charge in [0.2, 0.25) is 0 Å². The summed E-state index contributed by atoms with van der Waals surface area (Å²) in [6, 6.07) is 6.64. The Morgan fingerprint density at radius 3 is 2.59 bits per heavy atom. The van der Waals surface area contributed by atoms with Gasteiger partial charge in [-0.2, -0.15) is 0 Å². The zero-order chi connectivity index (χ0) is 12.4. The fraction of sp³-hybridized carbons (Fsp3) is 0.308. The van der Waals surface area contributed by atoms with Gasteiger partial charge in [-0.25, -0.2) is 0 Å². The number of fused-ring (bicyclic) bond motifs is 1. The van der Waals surface area contributed by atoms with Crippen molar-refractivity contribution in [2.75, 3.05) is 23.7 Å². The highest BCUT2D eigenvalue weighted by atomic mass is 16.4. The molecule has 2 aromatic rings. The lowest BCUT2D eigenvalue weighted by Gasteiger charge is -2.18. The van der Waals surface area contributed by atoms with Gasteiger partial charge in [-0.3, -0.25) is 4.79 Å². The maximum atomic E-state index is 11.9. The molecule has 2 rings (SSSR count). The van der Waals surface area contributed by atoms with Crippen molar-refractivity contribution in [2.24, 2.45) is 0 Å². The molecule has 0 aliphatic rings. The van der Waals surface area contributed by atoms with Crippen molar-refractivity contribution in [3.05, 3.63) is 34.5 Å². The second kappa shape index (κ2) is 4.49. The average molecular weight is 232 g/mol. The topological polar surface area (TPSA) is 59.5 Å². The molecule has 0 saturated carbocycles. The molecule has 0 unspecified atom stereocenters. The Morgan fingerprint density at radius 1 is 1.24 bits per heavy atom. The standard InChI is InChI=1S/C13H16N2O2/c1-3-15(4-2)13-8-11(16)10-7-9(14)5-6-12(10)17-13/h5-8H,3-4,14H2,1-2H3. The second-order valence-corrected chi connectivity index (χ2v) is 3.88. The first kappa shape index (κ1) is 11.5. The van der Waals surface area contributed by atoms with Crippen LogP contribution in [0.1, 0.15) is 13.8 Å². The van der Waals surface area contributed by atoms with Crippen molar-refractivity contribution in [3.63, 3.8) is 0 Å². The smallest absolute Gasteiger partial charge is 0.199 e. The highest BCUT2D eigenvalue weighted by Gasteiger charge is 2.09. The van der Waals surface area contributed by atoms with Gasteiger partial charge >= 0.3 is 0 Å². The van der Waals surface area contributed by atoms with Crippen LogP contribution in [0.15, 0.2) is 33.5 Å². The molecule has 0 radical (unpaired) electrons. The van der Waals surface area contributed by atoms with E-state index in [1.165, 1.54) is 6.07 Å². The Morgan fingerprint density at radius 2 is 1.94 bits per heavy atom. The summed E-state index contributed by atoms with van der Waals surface area (Å²) in [4.78, 5) is 13.9. The number of nitrogens with two attached hydrogens (primary N) is 1. The molecular weight excluding hydrogens is 216 g/mol. The third-order valence-electron chi connectivity index (χ3n) is 2.81. The van der Waals surface area contributed by atoms with Crippen LogP contribution in [-0.2, 0) is 0 Å². The van der Waals surface area contributed by atoms with Crippen molar-refractivity contribution < 1.29 is 4.42 Å². The second-order valence-electron chi connectivity index (χ2n) is 3.88. The van der Waals surface area contributed by atoms with Crippen LogP contribution < -0.4 is 16.1 Å². The van der Waals surface area contributed by atoms with Gasteiger partial charge in [-0.15, -0.1) is 0 Å². The van der Waals surface area contributed by atoms with Crippen LogP contribution in [0, 0.1) is 0 Å². The van der Waals surface area contributed by atoms with E-state index in [0.717, 1.165) is 13.1 Å². The van der Waals surface area contributed by atoms with Crippen LogP contribution >= 0.6 is 0 Å². The summed E-state index contributed by atoms with van der Waals surface area (Å²) < 4.78 is 5.71. The minimum atomic E-state index is -0.0551. The van der Waals surface area contributed by atoms with Gasteiger partial charge in [0.15, 0.2) is 11.3 Å². The van der Waals surface area contributed by atoms with Crippen LogP contribution in [0.25, 0.3) is 11.0 Å². The van der Waals surface area contributed by atoms with Crippen LogP contribution in [0.5, 0.6) is 0 Å². The van der Waals surface area contributed by atoms with Crippen molar-refractivity contribution in [1.82, 2.24) is 0 Å². The molecule has 0 fully saturated rings. The molecule has 1 heterocycles. The Balaban J connectivity index is 2.63. The first-order chi connectivity index (χ1) is 8.15. The molecule has 0 aliphatic carbocycles. The van der Waals surface area contributed by atoms with Crippen LogP contribution in [0.3, 0.4) is 0 Å². The third-order valence-corrected chi connectivity index (χ3v) is 2.81. The zero-order valence-electron chi connectivity index (χ0n) is 10.1. The monoisotopic (exact) mass is 232 g/mol. The van der Waals surface area contributed by atoms with Gasteiger partial charge in [0.05, 0.1) is 5.39 Å². The van der Waals surface area contributed by atoms with Crippen molar-refractivity contribution in [1.29, 1.82) is 0 Å². The van der Waals surface area contributed by atoms with Gasteiger partial charge in [0, 0.05) is 24.8 Å². The molecule has 0 bridgehead atoms. The van der Waals surface area contributed by atoms with Crippen LogP contribution in [0.2, 0.25) is 0 Å². The van der Waals surface area contributed by atoms with E-state index in [-0.39, 0.29) is 5.43 Å². The molecule has 17 heavy (non-hydrogen) atoms. The maximum Gasteiger partial charge on any atom is 0.199 e. The Kier molecular flexibility index (Phi) is 3.04. The van der Waals surface area contributed by atoms with E-state index in [2.05, 4.69) is 0 Å². The predicted molar refractivity (Wildman–Crippen MR) is 70.5 cm³/mol. The minimum absolute atomic E-state index is 0.0551. The Labute approximate surface area is 99.6 Å². The van der Waals surface area contributed by atoms with Crippen LogP contribution in [0.4, 0.5) is 11.6 Å². The summed E-state index contributed by atoms with van der Waals surface area (Å²) in [5.41, 5.74) is 6.74. The van der Waals surface area contributed by atoms with E-state index < -0.39 is 0 Å². The molecule has 0 amide bonds. The number of hydrogen-bond donors (Lipinski definition) is 1. The third kappa shape index (κ3) is 2.11. The van der Waals surface area contributed by atoms with E-state index >= 15 is 0 Å². The first-order valence-corrected chi connectivity index (χ1v) is 5.74. The molecule has 4 nitrogen and oxygen atoms in total. The van der Waals surface area contributed by atoms with Crippen molar-refractivity contribution >= 4 is 22.5 Å². The van der Waals surface area contributed by atoms with Crippen molar-refractivity contribution in [3.8, 4) is 0 Å². The lowest BCUT2D eigenvalue weighted by Crippen LogP contribution is -2.23. The molecule has 0 saturated heterocycles. The summed E-state index contributed by atoms with van der Waals surface area (Å²) in [6.07, 6.45) is 0. The predicted octanol–water partition coefficient (Wildman–Crippen LogP) is 2.22. The highest BCUT2D eigenvalue weighted by molar-refractivity contribution is 5.81. The Bertz CT molecular complexity index is 585. The highest BCUT2D eigenvalue weighted by Crippen LogP contribution is 2.20. The first-order valence-electron chi connectivity index (χ1n) is 5.74. The fourth-order valence-corrected chi connectivity index (χ4v) is 1.85. The number of hydrogen-bond acceptors (Lipinski definition) is 4. The lowest BCUT2D eigenvalue weighted by atomic mass is 10.2. The van der Waals surface area contributed by atoms with E-state index in [1.54, 1.807) is 18.2 Å². The molecule has 2 N–H and O–H groups in total. The summed E-state index contributed by atoms with van der Waals surface area (Å²) in [5.74, 6) is 0.609. The molecule has 0 aliphatic heterocycles. The molecule has 90 valence electrons. The van der Waals surface area contributed by atoms with E-state index in [9.17, 15) is 4.79 Å². The molecule has 0 spiro atoms. The molecule has 4 heteroatoms. The minimum Gasteiger partial charge on any atom is -0.440 e. The van der Waals surface area contributed by atoms with Gasteiger partial charge < -0.3 is 15.1 Å². The summed E-state index contributed by atoms with van der Waals surface area (Å²) in [7, 11) is 0. The quantitative estimate of drug-likeness (QED) is 0.824. The SMILES string of the molecule is CCN(CC)c1cc(=O)c2cc(N)ccc2o1. The largest absolute Gasteiger partial charge is 0.440 e. The number of nitrogens with zero attached hydrogens (tertiary/aromatic N) is 1. The maximum absolute atomic E-state index is 11.9. The van der Waals surface area contributed by atoms with Gasteiger partial charge in [-0.05, 0) is 32.0 Å².